The molecule has 0 radical (unpaired) electrons. The maximum Gasteiger partial charge on any atom is 0.274 e. The smallest absolute Gasteiger partial charge is 0.274 e. The Morgan fingerprint density at radius 1 is 1.38 bits per heavy atom. The molecule has 4 N–H and O–H groups in total. The van der Waals surface area contributed by atoms with Crippen LogP contribution < -0.4 is 10.6 Å². The molecule has 0 aliphatic heterocycles. The highest BCUT2D eigenvalue weighted by atomic mass is 16.2. The Labute approximate surface area is 150 Å². The third-order valence-electron chi connectivity index (χ3n) is 3.99. The van der Waals surface area contributed by atoms with Gasteiger partial charge in [-0.05, 0) is 38.6 Å². The molecule has 0 saturated carbocycles. The molecule has 0 aliphatic rings. The van der Waals surface area contributed by atoms with Gasteiger partial charge in [-0.15, -0.1) is 0 Å². The van der Waals surface area contributed by atoms with Gasteiger partial charge < -0.3 is 15.2 Å². The van der Waals surface area contributed by atoms with Gasteiger partial charge in [0.2, 0.25) is 0 Å². The van der Waals surface area contributed by atoms with E-state index < -0.39 is 5.91 Å². The number of hydrogen-bond acceptors (Lipinski definition) is 5. The number of carbonyl (C=O) groups is 1. The standard InChI is InChI=1S/C17H20N8O/c1-19-6-3-4-13-12(9-18)16(24-21-13)20-17(26)15-8-14(22-23-15)11-5-7-25(2)10-11/h5,7-8,10,19H,3-4,6H2,1-2H3,(H,22,23)(H2,20,21,24,26). The summed E-state index contributed by atoms with van der Waals surface area (Å²) >= 11 is 0. The van der Waals surface area contributed by atoms with Crippen molar-refractivity contribution in [3.05, 3.63) is 41.5 Å². The van der Waals surface area contributed by atoms with E-state index in [0.717, 1.165) is 18.5 Å². The van der Waals surface area contributed by atoms with Crippen molar-refractivity contribution in [2.75, 3.05) is 18.9 Å². The monoisotopic (exact) mass is 352 g/mol. The van der Waals surface area contributed by atoms with Gasteiger partial charge in [0, 0.05) is 25.0 Å². The third kappa shape index (κ3) is 3.65. The topological polar surface area (TPSA) is 127 Å². The molecule has 0 aliphatic carbocycles. The van der Waals surface area contributed by atoms with Gasteiger partial charge in [0.1, 0.15) is 17.3 Å². The number of aryl methyl sites for hydroxylation is 2. The summed E-state index contributed by atoms with van der Waals surface area (Å²) in [5.74, 6) is -0.169. The zero-order valence-electron chi connectivity index (χ0n) is 14.6. The van der Waals surface area contributed by atoms with Crippen molar-refractivity contribution in [2.24, 2.45) is 7.05 Å². The Balaban J connectivity index is 1.72. The van der Waals surface area contributed by atoms with Gasteiger partial charge in [-0.2, -0.15) is 15.5 Å². The second-order valence-electron chi connectivity index (χ2n) is 5.93. The molecule has 3 heterocycles. The predicted molar refractivity (Wildman–Crippen MR) is 96.5 cm³/mol. The van der Waals surface area contributed by atoms with Crippen LogP contribution in [0.2, 0.25) is 0 Å². The number of aromatic amines is 2. The zero-order valence-corrected chi connectivity index (χ0v) is 14.6. The van der Waals surface area contributed by atoms with Crippen LogP contribution in [0, 0.1) is 11.3 Å². The number of nitrogens with one attached hydrogen (secondary N) is 4. The minimum Gasteiger partial charge on any atom is -0.357 e. The van der Waals surface area contributed by atoms with E-state index in [1.807, 2.05) is 37.1 Å². The van der Waals surface area contributed by atoms with Gasteiger partial charge in [0.05, 0.1) is 11.4 Å². The first kappa shape index (κ1) is 17.4. The van der Waals surface area contributed by atoms with E-state index in [1.54, 1.807) is 6.07 Å². The van der Waals surface area contributed by atoms with E-state index in [1.165, 1.54) is 0 Å². The van der Waals surface area contributed by atoms with Crippen molar-refractivity contribution >= 4 is 11.7 Å². The summed E-state index contributed by atoms with van der Waals surface area (Å²) < 4.78 is 1.91. The lowest BCUT2D eigenvalue weighted by atomic mass is 10.1. The first-order valence-electron chi connectivity index (χ1n) is 8.23. The van der Waals surface area contributed by atoms with Crippen LogP contribution >= 0.6 is 0 Å². The van der Waals surface area contributed by atoms with Crippen LogP contribution in [0.1, 0.15) is 28.2 Å². The van der Waals surface area contributed by atoms with Crippen LogP contribution in [0.25, 0.3) is 11.3 Å². The van der Waals surface area contributed by atoms with E-state index in [9.17, 15) is 10.1 Å². The largest absolute Gasteiger partial charge is 0.357 e. The van der Waals surface area contributed by atoms with Gasteiger partial charge in [0.15, 0.2) is 5.82 Å². The fourth-order valence-corrected chi connectivity index (χ4v) is 2.63. The summed E-state index contributed by atoms with van der Waals surface area (Å²) in [6, 6.07) is 5.68. The maximum absolute atomic E-state index is 12.4. The number of carbonyl (C=O) groups excluding carboxylic acids is 1. The van der Waals surface area contributed by atoms with E-state index in [4.69, 9.17) is 0 Å². The number of amides is 1. The molecule has 1 amide bonds. The van der Waals surface area contributed by atoms with Crippen LogP contribution in [-0.4, -0.2) is 44.5 Å². The third-order valence-corrected chi connectivity index (χ3v) is 3.99. The summed E-state index contributed by atoms with van der Waals surface area (Å²) in [7, 11) is 3.79. The molecule has 9 heteroatoms. The molecule has 9 nitrogen and oxygen atoms in total. The second kappa shape index (κ2) is 7.67. The number of rotatable bonds is 7. The van der Waals surface area contributed by atoms with E-state index in [-0.39, 0.29) is 5.82 Å². The lowest BCUT2D eigenvalue weighted by Gasteiger charge is -2.00. The molecule has 3 aromatic rings. The summed E-state index contributed by atoms with van der Waals surface area (Å²) in [6.45, 7) is 0.835. The van der Waals surface area contributed by atoms with Crippen LogP contribution in [0.5, 0.6) is 0 Å². The highest BCUT2D eigenvalue weighted by Crippen LogP contribution is 2.20. The fourth-order valence-electron chi connectivity index (χ4n) is 2.63. The van der Waals surface area contributed by atoms with E-state index >= 15 is 0 Å². The molecule has 3 rings (SSSR count). The molecular formula is C17H20N8O. The highest BCUT2D eigenvalue weighted by molar-refractivity contribution is 6.03. The van der Waals surface area contributed by atoms with Gasteiger partial charge in [-0.25, -0.2) is 0 Å². The number of anilines is 1. The lowest BCUT2D eigenvalue weighted by Crippen LogP contribution is -2.13. The molecule has 0 saturated heterocycles. The average molecular weight is 352 g/mol. The number of hydrogen-bond donors (Lipinski definition) is 4. The van der Waals surface area contributed by atoms with E-state index in [0.29, 0.717) is 29.1 Å². The molecule has 26 heavy (non-hydrogen) atoms. The Kier molecular flexibility index (Phi) is 5.15. The summed E-state index contributed by atoms with van der Waals surface area (Å²) in [4.78, 5) is 12.4. The van der Waals surface area contributed by atoms with Gasteiger partial charge in [0.25, 0.3) is 5.91 Å². The lowest BCUT2D eigenvalue weighted by molar-refractivity contribution is 0.102. The van der Waals surface area contributed by atoms with Gasteiger partial charge in [-0.1, -0.05) is 0 Å². The first-order chi connectivity index (χ1) is 12.6. The summed E-state index contributed by atoms with van der Waals surface area (Å²) in [5, 5.41) is 28.9. The molecule has 0 fully saturated rings. The Hall–Kier alpha value is -3.38. The highest BCUT2D eigenvalue weighted by Gasteiger charge is 2.18. The SMILES string of the molecule is CNCCCc1[nH]nc(NC(=O)c2cc(-c3ccn(C)c3)n[nH]2)c1C#N. The van der Waals surface area contributed by atoms with Crippen LogP contribution in [0.3, 0.4) is 0 Å². The molecule has 0 spiro atoms. The number of nitrogens with zero attached hydrogens (tertiary/aromatic N) is 4. The summed E-state index contributed by atoms with van der Waals surface area (Å²) in [6.07, 6.45) is 5.36. The predicted octanol–water partition coefficient (Wildman–Crippen LogP) is 1.41. The average Bonchev–Trinajstić information content (AvgIpc) is 3.34. The zero-order chi connectivity index (χ0) is 18.5. The van der Waals surface area contributed by atoms with Crippen LogP contribution in [0.4, 0.5) is 5.82 Å². The fraction of sp³-hybridized carbons (Fsp3) is 0.294. The Morgan fingerprint density at radius 2 is 2.23 bits per heavy atom. The van der Waals surface area contributed by atoms with Crippen molar-refractivity contribution in [1.29, 1.82) is 5.26 Å². The first-order valence-corrected chi connectivity index (χ1v) is 8.23. The van der Waals surface area contributed by atoms with Crippen LogP contribution in [-0.2, 0) is 13.5 Å². The molecular weight excluding hydrogens is 332 g/mol. The molecule has 0 unspecified atom stereocenters. The molecule has 3 aromatic heterocycles. The molecule has 0 atom stereocenters. The Bertz CT molecular complexity index is 942. The maximum atomic E-state index is 12.4. The number of nitriles is 1. The number of H-pyrrole nitrogens is 2. The van der Waals surface area contributed by atoms with E-state index in [2.05, 4.69) is 37.1 Å². The molecule has 0 bridgehead atoms. The second-order valence-corrected chi connectivity index (χ2v) is 5.93. The van der Waals surface area contributed by atoms with Crippen molar-refractivity contribution in [1.82, 2.24) is 30.3 Å². The van der Waals surface area contributed by atoms with Gasteiger partial charge >= 0.3 is 0 Å². The number of aromatic nitrogens is 5. The molecule has 0 aromatic carbocycles. The van der Waals surface area contributed by atoms with Crippen molar-refractivity contribution < 1.29 is 4.79 Å². The Morgan fingerprint density at radius 3 is 2.92 bits per heavy atom. The van der Waals surface area contributed by atoms with Crippen LogP contribution in [0.15, 0.2) is 24.5 Å². The van der Waals surface area contributed by atoms with Gasteiger partial charge in [-0.3, -0.25) is 15.0 Å². The van der Waals surface area contributed by atoms with Crippen molar-refractivity contribution in [3.63, 3.8) is 0 Å². The minimum atomic E-state index is -0.399. The molecule has 134 valence electrons. The minimum absolute atomic E-state index is 0.229. The van der Waals surface area contributed by atoms with Crippen molar-refractivity contribution in [2.45, 2.75) is 12.8 Å². The quantitative estimate of drug-likeness (QED) is 0.478. The normalized spacial score (nSPS) is 10.7. The van der Waals surface area contributed by atoms with Crippen molar-refractivity contribution in [3.8, 4) is 17.3 Å². The summed E-state index contributed by atoms with van der Waals surface area (Å²) in [5.41, 5.74) is 2.95.